The lowest BCUT2D eigenvalue weighted by Crippen LogP contribution is -2.41. The van der Waals surface area contributed by atoms with Crippen molar-refractivity contribution in [3.8, 4) is 17.2 Å². The fraction of sp³-hybridized carbons (Fsp3) is 0.350. The predicted octanol–water partition coefficient (Wildman–Crippen LogP) is 1.97. The number of para-hydroxylation sites is 1. The van der Waals surface area contributed by atoms with Gasteiger partial charge in [0.05, 0.1) is 32.7 Å². The smallest absolute Gasteiger partial charge is 0.240 e. The highest BCUT2D eigenvalue weighted by Crippen LogP contribution is 2.33. The largest absolute Gasteiger partial charge is 0.497 e. The maximum atomic E-state index is 12.4. The molecule has 0 spiro atoms. The quantitative estimate of drug-likeness (QED) is 0.589. The Kier molecular flexibility index (Phi) is 7.72. The summed E-state index contributed by atoms with van der Waals surface area (Å²) in [4.78, 5) is 12.4. The molecule has 2 aromatic rings. The van der Waals surface area contributed by atoms with Crippen molar-refractivity contribution >= 4 is 21.6 Å². The number of hydrogen-bond acceptors (Lipinski definition) is 6. The molecule has 29 heavy (non-hydrogen) atoms. The van der Waals surface area contributed by atoms with Gasteiger partial charge in [-0.15, -0.1) is 0 Å². The van der Waals surface area contributed by atoms with Crippen LogP contribution >= 0.6 is 0 Å². The van der Waals surface area contributed by atoms with Crippen molar-refractivity contribution < 1.29 is 27.4 Å². The minimum Gasteiger partial charge on any atom is -0.497 e. The Balaban J connectivity index is 2.04. The maximum absolute atomic E-state index is 12.4. The summed E-state index contributed by atoms with van der Waals surface area (Å²) in [6.45, 7) is 2.03. The highest BCUT2D eigenvalue weighted by Gasteiger charge is 2.24. The van der Waals surface area contributed by atoms with Crippen molar-refractivity contribution in [1.82, 2.24) is 5.32 Å². The van der Waals surface area contributed by atoms with Crippen LogP contribution in [0.25, 0.3) is 0 Å². The van der Waals surface area contributed by atoms with E-state index in [9.17, 15) is 13.2 Å². The van der Waals surface area contributed by atoms with Crippen molar-refractivity contribution in [3.63, 3.8) is 0 Å². The van der Waals surface area contributed by atoms with E-state index in [1.165, 1.54) is 20.3 Å². The molecule has 158 valence electrons. The summed E-state index contributed by atoms with van der Waals surface area (Å²) in [5.41, 5.74) is 1.22. The van der Waals surface area contributed by atoms with Gasteiger partial charge in [0.1, 0.15) is 30.4 Å². The zero-order valence-electron chi connectivity index (χ0n) is 17.0. The first kappa shape index (κ1) is 22.4. The van der Waals surface area contributed by atoms with Crippen molar-refractivity contribution in [2.24, 2.45) is 0 Å². The molecule has 1 amide bonds. The van der Waals surface area contributed by atoms with E-state index >= 15 is 0 Å². The number of ether oxygens (including phenoxy) is 3. The molecule has 0 heterocycles. The van der Waals surface area contributed by atoms with Gasteiger partial charge in [-0.3, -0.25) is 9.10 Å². The van der Waals surface area contributed by atoms with Gasteiger partial charge < -0.3 is 19.5 Å². The standard InChI is InChI=1S/C20H26N2O6S/c1-15-7-5-6-8-18(15)28-12-11-21-20(23)14-22(29(4,24)25)17-13-16(26-2)9-10-19(17)27-3/h5-10,13H,11-12,14H2,1-4H3,(H,21,23). The molecule has 0 radical (unpaired) electrons. The van der Waals surface area contributed by atoms with Crippen LogP contribution in [-0.4, -0.2) is 54.5 Å². The molecule has 0 aromatic heterocycles. The lowest BCUT2D eigenvalue weighted by molar-refractivity contribution is -0.119. The van der Waals surface area contributed by atoms with Crippen molar-refractivity contribution in [2.75, 3.05) is 44.5 Å². The third kappa shape index (κ3) is 6.28. The van der Waals surface area contributed by atoms with E-state index in [0.717, 1.165) is 21.9 Å². The average Bonchev–Trinajstić information content (AvgIpc) is 2.69. The molecule has 0 bridgehead atoms. The monoisotopic (exact) mass is 422 g/mol. The van der Waals surface area contributed by atoms with Gasteiger partial charge in [-0.1, -0.05) is 18.2 Å². The van der Waals surface area contributed by atoms with E-state index in [1.54, 1.807) is 12.1 Å². The van der Waals surface area contributed by atoms with Gasteiger partial charge in [0, 0.05) is 6.07 Å². The van der Waals surface area contributed by atoms with Crippen LogP contribution in [0.15, 0.2) is 42.5 Å². The van der Waals surface area contributed by atoms with Crippen LogP contribution in [0.3, 0.4) is 0 Å². The summed E-state index contributed by atoms with van der Waals surface area (Å²) in [5.74, 6) is 1.03. The number of sulfonamides is 1. The van der Waals surface area contributed by atoms with E-state index in [0.29, 0.717) is 11.5 Å². The van der Waals surface area contributed by atoms with Gasteiger partial charge in [0.25, 0.3) is 0 Å². The predicted molar refractivity (Wildman–Crippen MR) is 111 cm³/mol. The van der Waals surface area contributed by atoms with Crippen LogP contribution in [0.4, 0.5) is 5.69 Å². The van der Waals surface area contributed by atoms with Gasteiger partial charge >= 0.3 is 0 Å². The molecule has 2 aromatic carbocycles. The minimum absolute atomic E-state index is 0.223. The Morgan fingerprint density at radius 1 is 1.07 bits per heavy atom. The number of rotatable bonds is 10. The molecule has 8 nitrogen and oxygen atoms in total. The highest BCUT2D eigenvalue weighted by molar-refractivity contribution is 7.92. The minimum atomic E-state index is -3.74. The molecule has 0 saturated heterocycles. The molecule has 0 unspecified atom stereocenters. The van der Waals surface area contributed by atoms with E-state index in [2.05, 4.69) is 5.32 Å². The lowest BCUT2D eigenvalue weighted by atomic mass is 10.2. The Morgan fingerprint density at radius 2 is 1.79 bits per heavy atom. The normalized spacial score (nSPS) is 10.9. The molecule has 0 aliphatic heterocycles. The second-order valence-electron chi connectivity index (χ2n) is 6.27. The molecule has 1 N–H and O–H groups in total. The number of carbonyl (C=O) groups excluding carboxylic acids is 1. The molecule has 0 fully saturated rings. The molecule has 9 heteroatoms. The Bertz CT molecular complexity index is 946. The second kappa shape index (κ2) is 10.0. The summed E-state index contributed by atoms with van der Waals surface area (Å²) in [5, 5.41) is 2.67. The molecule has 0 aliphatic carbocycles. The number of nitrogens with zero attached hydrogens (tertiary/aromatic N) is 1. The third-order valence-corrected chi connectivity index (χ3v) is 5.24. The lowest BCUT2D eigenvalue weighted by Gasteiger charge is -2.24. The van der Waals surface area contributed by atoms with E-state index in [-0.39, 0.29) is 18.8 Å². The first-order valence-electron chi connectivity index (χ1n) is 8.91. The van der Waals surface area contributed by atoms with Gasteiger partial charge in [-0.05, 0) is 30.7 Å². The van der Waals surface area contributed by atoms with Crippen molar-refractivity contribution in [3.05, 3.63) is 48.0 Å². The summed E-state index contributed by atoms with van der Waals surface area (Å²) in [6, 6.07) is 12.3. The highest BCUT2D eigenvalue weighted by atomic mass is 32.2. The van der Waals surface area contributed by atoms with E-state index in [4.69, 9.17) is 14.2 Å². The zero-order valence-corrected chi connectivity index (χ0v) is 17.8. The van der Waals surface area contributed by atoms with Crippen LogP contribution < -0.4 is 23.8 Å². The fourth-order valence-corrected chi connectivity index (χ4v) is 3.48. The van der Waals surface area contributed by atoms with Gasteiger partial charge in [-0.25, -0.2) is 8.42 Å². The molecule has 0 atom stereocenters. The second-order valence-corrected chi connectivity index (χ2v) is 8.18. The third-order valence-electron chi connectivity index (χ3n) is 4.12. The van der Waals surface area contributed by atoms with Crippen LogP contribution in [0.1, 0.15) is 5.56 Å². The van der Waals surface area contributed by atoms with E-state index in [1.807, 2.05) is 31.2 Å². The number of anilines is 1. The summed E-state index contributed by atoms with van der Waals surface area (Å²) in [7, 11) is -0.849. The van der Waals surface area contributed by atoms with Gasteiger partial charge in [0.15, 0.2) is 0 Å². The maximum Gasteiger partial charge on any atom is 0.240 e. The molecule has 0 aliphatic rings. The van der Waals surface area contributed by atoms with Crippen molar-refractivity contribution in [1.29, 1.82) is 0 Å². The SMILES string of the molecule is COc1ccc(OC)c(N(CC(=O)NCCOc2ccccc2C)S(C)(=O)=O)c1. The van der Waals surface area contributed by atoms with Crippen LogP contribution in [0, 0.1) is 6.92 Å². The van der Waals surface area contributed by atoms with Gasteiger partial charge in [-0.2, -0.15) is 0 Å². The number of benzene rings is 2. The van der Waals surface area contributed by atoms with Crippen LogP contribution in [0.5, 0.6) is 17.2 Å². The molecule has 2 rings (SSSR count). The average molecular weight is 423 g/mol. The van der Waals surface area contributed by atoms with Gasteiger partial charge in [0.2, 0.25) is 15.9 Å². The number of methoxy groups -OCH3 is 2. The Labute approximate surface area is 171 Å². The number of carbonyl (C=O) groups is 1. The Morgan fingerprint density at radius 3 is 2.41 bits per heavy atom. The summed E-state index contributed by atoms with van der Waals surface area (Å²) >= 11 is 0. The zero-order chi connectivity index (χ0) is 21.4. The van der Waals surface area contributed by atoms with Crippen LogP contribution in [-0.2, 0) is 14.8 Å². The topological polar surface area (TPSA) is 94.2 Å². The number of aryl methyl sites for hydroxylation is 1. The number of nitrogens with one attached hydrogen (secondary N) is 1. The first-order chi connectivity index (χ1) is 13.8. The summed E-state index contributed by atoms with van der Waals surface area (Å²) in [6.07, 6.45) is 1.03. The Hall–Kier alpha value is -2.94. The fourth-order valence-electron chi connectivity index (χ4n) is 2.63. The van der Waals surface area contributed by atoms with E-state index < -0.39 is 22.5 Å². The molecule has 0 saturated carbocycles. The first-order valence-corrected chi connectivity index (χ1v) is 10.8. The summed E-state index contributed by atoms with van der Waals surface area (Å²) < 4.78 is 41.6. The number of amides is 1. The molecular weight excluding hydrogens is 396 g/mol. The van der Waals surface area contributed by atoms with Crippen LogP contribution in [0.2, 0.25) is 0 Å². The number of hydrogen-bond donors (Lipinski definition) is 1. The molecular formula is C20H26N2O6S. The van der Waals surface area contributed by atoms with Crippen molar-refractivity contribution in [2.45, 2.75) is 6.92 Å².